The zero-order chi connectivity index (χ0) is 13.2. The number of nitrogens with one attached hydrogen (secondary N) is 1. The van der Waals surface area contributed by atoms with Crippen molar-refractivity contribution in [3.05, 3.63) is 29.3 Å². The Hall–Kier alpha value is -1.35. The van der Waals surface area contributed by atoms with E-state index in [0.717, 1.165) is 24.9 Å². The molecule has 1 aromatic carbocycles. The highest BCUT2D eigenvalue weighted by Gasteiger charge is 2.27. The lowest BCUT2D eigenvalue weighted by Crippen LogP contribution is -2.48. The Labute approximate surface area is 109 Å². The van der Waals surface area contributed by atoms with E-state index in [4.69, 9.17) is 5.73 Å². The van der Waals surface area contributed by atoms with Crippen LogP contribution in [0.2, 0.25) is 0 Å². The van der Waals surface area contributed by atoms with Crippen LogP contribution in [-0.4, -0.2) is 11.4 Å². The third-order valence-electron chi connectivity index (χ3n) is 3.64. The molecule has 0 saturated carbocycles. The highest BCUT2D eigenvalue weighted by atomic mass is 16.2. The third-order valence-corrected chi connectivity index (χ3v) is 3.64. The zero-order valence-corrected chi connectivity index (χ0v) is 11.3. The SMILES string of the molecule is CCCC(C)(N)C(=O)Nc1ccc2c(c1)CCC2. The molecule has 3 N–H and O–H groups in total. The van der Waals surface area contributed by atoms with Crippen molar-refractivity contribution < 1.29 is 4.79 Å². The lowest BCUT2D eigenvalue weighted by atomic mass is 9.96. The van der Waals surface area contributed by atoms with Gasteiger partial charge in [0.1, 0.15) is 0 Å². The molecule has 0 radical (unpaired) electrons. The highest BCUT2D eigenvalue weighted by molar-refractivity contribution is 5.97. The average molecular weight is 246 g/mol. The molecule has 1 aromatic rings. The molecule has 0 fully saturated rings. The summed E-state index contributed by atoms with van der Waals surface area (Å²) in [5.74, 6) is -0.0951. The summed E-state index contributed by atoms with van der Waals surface area (Å²) in [6, 6.07) is 6.18. The minimum Gasteiger partial charge on any atom is -0.324 e. The van der Waals surface area contributed by atoms with Crippen molar-refractivity contribution in [3.8, 4) is 0 Å². The van der Waals surface area contributed by atoms with Crippen molar-refractivity contribution in [2.24, 2.45) is 5.73 Å². The van der Waals surface area contributed by atoms with Crippen LogP contribution in [0.15, 0.2) is 18.2 Å². The molecule has 3 nitrogen and oxygen atoms in total. The number of hydrogen-bond acceptors (Lipinski definition) is 2. The summed E-state index contributed by atoms with van der Waals surface area (Å²) in [5.41, 5.74) is 8.88. The van der Waals surface area contributed by atoms with Crippen LogP contribution in [0.5, 0.6) is 0 Å². The molecule has 0 aliphatic heterocycles. The van der Waals surface area contributed by atoms with Crippen LogP contribution in [0.1, 0.15) is 44.2 Å². The fourth-order valence-corrected chi connectivity index (χ4v) is 2.56. The molecule has 1 amide bonds. The normalized spacial score (nSPS) is 17.1. The third kappa shape index (κ3) is 2.72. The second-order valence-electron chi connectivity index (χ2n) is 5.46. The molecule has 18 heavy (non-hydrogen) atoms. The number of amides is 1. The fourth-order valence-electron chi connectivity index (χ4n) is 2.56. The standard InChI is InChI=1S/C15H22N2O/c1-3-9-15(2,16)14(18)17-13-8-7-11-5-4-6-12(11)10-13/h7-8,10H,3-6,9,16H2,1-2H3,(H,17,18). The smallest absolute Gasteiger partial charge is 0.244 e. The van der Waals surface area contributed by atoms with Crippen LogP contribution in [0.3, 0.4) is 0 Å². The van der Waals surface area contributed by atoms with E-state index in [9.17, 15) is 4.79 Å². The van der Waals surface area contributed by atoms with Crippen LogP contribution < -0.4 is 11.1 Å². The Bertz CT molecular complexity index is 452. The summed E-state index contributed by atoms with van der Waals surface area (Å²) >= 11 is 0. The predicted molar refractivity (Wildman–Crippen MR) is 74.6 cm³/mol. The van der Waals surface area contributed by atoms with Crippen molar-refractivity contribution >= 4 is 11.6 Å². The first-order valence-electron chi connectivity index (χ1n) is 6.75. The van der Waals surface area contributed by atoms with E-state index in [2.05, 4.69) is 17.4 Å². The van der Waals surface area contributed by atoms with E-state index in [1.165, 1.54) is 17.5 Å². The zero-order valence-electron chi connectivity index (χ0n) is 11.3. The number of fused-ring (bicyclic) bond motifs is 1. The summed E-state index contributed by atoms with van der Waals surface area (Å²) in [5, 5.41) is 2.93. The number of anilines is 1. The van der Waals surface area contributed by atoms with Crippen LogP contribution in [-0.2, 0) is 17.6 Å². The van der Waals surface area contributed by atoms with Gasteiger partial charge >= 0.3 is 0 Å². The first-order valence-corrected chi connectivity index (χ1v) is 6.75. The number of rotatable bonds is 4. The van der Waals surface area contributed by atoms with E-state index in [0.29, 0.717) is 6.42 Å². The van der Waals surface area contributed by atoms with Crippen LogP contribution in [0, 0.1) is 0 Å². The quantitative estimate of drug-likeness (QED) is 0.858. The number of aryl methyl sites for hydroxylation is 2. The van der Waals surface area contributed by atoms with Crippen molar-refractivity contribution in [2.45, 2.75) is 51.5 Å². The molecule has 0 saturated heterocycles. The van der Waals surface area contributed by atoms with E-state index in [-0.39, 0.29) is 5.91 Å². The Kier molecular flexibility index (Phi) is 3.71. The predicted octanol–water partition coefficient (Wildman–Crippen LogP) is 2.63. The molecule has 1 atom stereocenters. The fraction of sp³-hybridized carbons (Fsp3) is 0.533. The van der Waals surface area contributed by atoms with Crippen molar-refractivity contribution in [2.75, 3.05) is 5.32 Å². The van der Waals surface area contributed by atoms with Gasteiger partial charge in [-0.2, -0.15) is 0 Å². The van der Waals surface area contributed by atoms with Gasteiger partial charge < -0.3 is 11.1 Å². The molecular weight excluding hydrogens is 224 g/mol. The monoisotopic (exact) mass is 246 g/mol. The van der Waals surface area contributed by atoms with Gasteiger partial charge in [-0.1, -0.05) is 19.4 Å². The summed E-state index contributed by atoms with van der Waals surface area (Å²) in [6.07, 6.45) is 5.10. The van der Waals surface area contributed by atoms with Crippen LogP contribution >= 0.6 is 0 Å². The van der Waals surface area contributed by atoms with E-state index < -0.39 is 5.54 Å². The second-order valence-corrected chi connectivity index (χ2v) is 5.46. The Balaban J connectivity index is 2.08. The van der Waals surface area contributed by atoms with Crippen molar-refractivity contribution in [1.82, 2.24) is 0 Å². The average Bonchev–Trinajstić information content (AvgIpc) is 2.76. The maximum Gasteiger partial charge on any atom is 0.244 e. The minimum absolute atomic E-state index is 0.0951. The van der Waals surface area contributed by atoms with Crippen molar-refractivity contribution in [3.63, 3.8) is 0 Å². The number of benzene rings is 1. The molecule has 0 aromatic heterocycles. The van der Waals surface area contributed by atoms with Gasteiger partial charge in [0, 0.05) is 5.69 Å². The number of hydrogen-bond donors (Lipinski definition) is 2. The first kappa shape index (κ1) is 13.1. The second kappa shape index (κ2) is 5.11. The highest BCUT2D eigenvalue weighted by Crippen LogP contribution is 2.25. The molecule has 1 aliphatic carbocycles. The number of carbonyl (C=O) groups excluding carboxylic acids is 1. The molecule has 0 bridgehead atoms. The topological polar surface area (TPSA) is 55.1 Å². The molecule has 0 heterocycles. The van der Waals surface area contributed by atoms with Gasteiger partial charge in [0.25, 0.3) is 0 Å². The van der Waals surface area contributed by atoms with Crippen molar-refractivity contribution in [1.29, 1.82) is 0 Å². The van der Waals surface area contributed by atoms with Crippen LogP contribution in [0.4, 0.5) is 5.69 Å². The summed E-state index contributed by atoms with van der Waals surface area (Å²) < 4.78 is 0. The molecule has 0 spiro atoms. The first-order chi connectivity index (χ1) is 8.53. The molecular formula is C15H22N2O. The summed E-state index contributed by atoms with van der Waals surface area (Å²) in [4.78, 5) is 12.1. The Morgan fingerprint density at radius 2 is 2.11 bits per heavy atom. The van der Waals surface area contributed by atoms with E-state index in [1.54, 1.807) is 6.92 Å². The van der Waals surface area contributed by atoms with E-state index >= 15 is 0 Å². The molecule has 3 heteroatoms. The lowest BCUT2D eigenvalue weighted by molar-refractivity contribution is -0.120. The van der Waals surface area contributed by atoms with Gasteiger partial charge in [-0.15, -0.1) is 0 Å². The molecule has 98 valence electrons. The van der Waals surface area contributed by atoms with Gasteiger partial charge in [0.05, 0.1) is 5.54 Å². The molecule has 1 aliphatic rings. The van der Waals surface area contributed by atoms with Gasteiger partial charge in [-0.05, 0) is 55.9 Å². The largest absolute Gasteiger partial charge is 0.324 e. The van der Waals surface area contributed by atoms with Gasteiger partial charge in [-0.25, -0.2) is 0 Å². The van der Waals surface area contributed by atoms with Gasteiger partial charge in [-0.3, -0.25) is 4.79 Å². The maximum atomic E-state index is 12.1. The van der Waals surface area contributed by atoms with Gasteiger partial charge in [0.15, 0.2) is 0 Å². The van der Waals surface area contributed by atoms with E-state index in [1.807, 2.05) is 13.0 Å². The number of nitrogens with two attached hydrogens (primary N) is 1. The number of carbonyl (C=O) groups is 1. The molecule has 2 rings (SSSR count). The summed E-state index contributed by atoms with van der Waals surface area (Å²) in [7, 11) is 0. The van der Waals surface area contributed by atoms with Gasteiger partial charge in [0.2, 0.25) is 5.91 Å². The lowest BCUT2D eigenvalue weighted by Gasteiger charge is -2.23. The minimum atomic E-state index is -0.784. The Morgan fingerprint density at radius 1 is 1.39 bits per heavy atom. The maximum absolute atomic E-state index is 12.1. The Morgan fingerprint density at radius 3 is 2.83 bits per heavy atom. The molecule has 1 unspecified atom stereocenters. The van der Waals surface area contributed by atoms with Crippen LogP contribution in [0.25, 0.3) is 0 Å². The summed E-state index contributed by atoms with van der Waals surface area (Å²) in [6.45, 7) is 3.83.